The van der Waals surface area contributed by atoms with Gasteiger partial charge in [-0.05, 0) is 76.6 Å². The Bertz CT molecular complexity index is 745. The second-order valence-corrected chi connectivity index (χ2v) is 9.03. The van der Waals surface area contributed by atoms with E-state index in [2.05, 4.69) is 40.9 Å². The van der Waals surface area contributed by atoms with Crippen LogP contribution in [0.15, 0.2) is 18.2 Å². The summed E-state index contributed by atoms with van der Waals surface area (Å²) in [4.78, 5) is 20.2. The lowest BCUT2D eigenvalue weighted by Gasteiger charge is -2.51. The molecule has 0 unspecified atom stereocenters. The molecular formula is C22H31N3O3. The van der Waals surface area contributed by atoms with Crippen LogP contribution in [0.4, 0.5) is 0 Å². The summed E-state index contributed by atoms with van der Waals surface area (Å²) in [6.07, 6.45) is 4.05. The van der Waals surface area contributed by atoms with E-state index in [1.165, 1.54) is 31.5 Å². The van der Waals surface area contributed by atoms with Gasteiger partial charge in [-0.25, -0.2) is 0 Å². The van der Waals surface area contributed by atoms with E-state index in [9.17, 15) is 4.79 Å². The second kappa shape index (κ2) is 7.23. The van der Waals surface area contributed by atoms with Crippen LogP contribution < -0.4 is 9.47 Å². The zero-order chi connectivity index (χ0) is 19.3. The molecule has 3 atom stereocenters. The Hall–Kier alpha value is -1.79. The van der Waals surface area contributed by atoms with Crippen molar-refractivity contribution in [1.29, 1.82) is 0 Å². The molecule has 1 amide bonds. The SMILES string of the molecule is CN(C)CCCC(=O)N1C[C@@H](c2ccc3c(c2)OCO3)[C@@H]2[C@H]1C1CCN2CC1. The molecule has 4 saturated heterocycles. The molecule has 1 aromatic carbocycles. The summed E-state index contributed by atoms with van der Waals surface area (Å²) < 4.78 is 11.1. The van der Waals surface area contributed by atoms with Crippen molar-refractivity contribution in [2.24, 2.45) is 5.92 Å². The van der Waals surface area contributed by atoms with Gasteiger partial charge in [0.2, 0.25) is 12.7 Å². The molecule has 0 radical (unpaired) electrons. The number of nitrogens with zero attached hydrogens (tertiary/aromatic N) is 3. The number of piperidine rings is 3. The first-order chi connectivity index (χ1) is 13.6. The van der Waals surface area contributed by atoms with Crippen molar-refractivity contribution >= 4 is 5.91 Å². The van der Waals surface area contributed by atoms with E-state index in [0.717, 1.165) is 31.0 Å². The van der Waals surface area contributed by atoms with Crippen LogP contribution in [0.2, 0.25) is 0 Å². The molecule has 2 bridgehead atoms. The van der Waals surface area contributed by atoms with Crippen LogP contribution in [0.1, 0.15) is 37.2 Å². The number of rotatable bonds is 5. The molecule has 6 nitrogen and oxygen atoms in total. The molecule has 5 aliphatic heterocycles. The van der Waals surface area contributed by atoms with Crippen LogP contribution in [-0.2, 0) is 4.79 Å². The van der Waals surface area contributed by atoms with Gasteiger partial charge in [0.15, 0.2) is 11.5 Å². The maximum Gasteiger partial charge on any atom is 0.231 e. The predicted molar refractivity (Wildman–Crippen MR) is 107 cm³/mol. The molecule has 0 saturated carbocycles. The van der Waals surface area contributed by atoms with Crippen molar-refractivity contribution < 1.29 is 14.3 Å². The van der Waals surface area contributed by atoms with E-state index in [4.69, 9.17) is 9.47 Å². The fourth-order valence-electron chi connectivity index (χ4n) is 5.83. The highest BCUT2D eigenvalue weighted by molar-refractivity contribution is 5.77. The second-order valence-electron chi connectivity index (χ2n) is 9.03. The number of carbonyl (C=O) groups is 1. The van der Waals surface area contributed by atoms with Crippen molar-refractivity contribution in [3.8, 4) is 11.5 Å². The summed E-state index contributed by atoms with van der Waals surface area (Å²) in [5.41, 5.74) is 1.29. The van der Waals surface area contributed by atoms with E-state index < -0.39 is 0 Å². The summed E-state index contributed by atoms with van der Waals surface area (Å²) in [6.45, 7) is 4.46. The van der Waals surface area contributed by atoms with E-state index in [1.54, 1.807) is 0 Å². The zero-order valence-electron chi connectivity index (χ0n) is 17.0. The van der Waals surface area contributed by atoms with Gasteiger partial charge >= 0.3 is 0 Å². The first-order valence-corrected chi connectivity index (χ1v) is 10.7. The predicted octanol–water partition coefficient (Wildman–Crippen LogP) is 2.15. The quantitative estimate of drug-likeness (QED) is 0.777. The molecule has 0 N–H and O–H groups in total. The lowest BCUT2D eigenvalue weighted by Crippen LogP contribution is -2.60. The zero-order valence-corrected chi connectivity index (χ0v) is 17.0. The van der Waals surface area contributed by atoms with Crippen molar-refractivity contribution in [2.45, 2.75) is 43.7 Å². The lowest BCUT2D eigenvalue weighted by molar-refractivity contribution is -0.136. The van der Waals surface area contributed by atoms with Crippen LogP contribution in [-0.4, -0.2) is 79.8 Å². The number of benzene rings is 1. The lowest BCUT2D eigenvalue weighted by atomic mass is 9.75. The smallest absolute Gasteiger partial charge is 0.231 e. The monoisotopic (exact) mass is 385 g/mol. The van der Waals surface area contributed by atoms with E-state index in [-0.39, 0.29) is 0 Å². The average molecular weight is 386 g/mol. The Morgan fingerprint density at radius 3 is 2.71 bits per heavy atom. The number of fused-ring (bicyclic) bond motifs is 3. The fourth-order valence-corrected chi connectivity index (χ4v) is 5.83. The number of carbonyl (C=O) groups excluding carboxylic acids is 1. The van der Waals surface area contributed by atoms with Gasteiger partial charge in [-0.3, -0.25) is 9.69 Å². The number of amides is 1. The first kappa shape index (κ1) is 18.3. The van der Waals surface area contributed by atoms with Gasteiger partial charge < -0.3 is 19.3 Å². The Balaban J connectivity index is 1.40. The van der Waals surface area contributed by atoms with Gasteiger partial charge in [-0.15, -0.1) is 0 Å². The third-order valence-electron chi connectivity index (χ3n) is 7.14. The number of likely N-dealkylation sites (tertiary alicyclic amines) is 1. The highest BCUT2D eigenvalue weighted by Crippen LogP contribution is 2.48. The summed E-state index contributed by atoms with van der Waals surface area (Å²) in [7, 11) is 4.14. The molecule has 5 heterocycles. The third-order valence-corrected chi connectivity index (χ3v) is 7.14. The summed E-state index contributed by atoms with van der Waals surface area (Å²) >= 11 is 0. The summed E-state index contributed by atoms with van der Waals surface area (Å²) in [5.74, 6) is 3.04. The maximum absolute atomic E-state index is 13.2. The Morgan fingerprint density at radius 1 is 1.14 bits per heavy atom. The minimum absolute atomic E-state index is 0.306. The van der Waals surface area contributed by atoms with Gasteiger partial charge in [0.25, 0.3) is 0 Å². The standard InChI is InChI=1S/C22H31N3O3/c1-23(2)9-3-4-20(26)25-13-17(16-5-6-18-19(12-16)28-14-27-18)22-21(25)15-7-10-24(22)11-8-15/h5-6,12,15,17,21-22H,3-4,7-11,13-14H2,1-2H3/t17-,21+,22+/m0/s1. The minimum atomic E-state index is 0.306. The normalized spacial score (nSPS) is 32.8. The maximum atomic E-state index is 13.2. The van der Waals surface area contributed by atoms with Crippen LogP contribution in [0.25, 0.3) is 0 Å². The van der Waals surface area contributed by atoms with Crippen molar-refractivity contribution in [3.05, 3.63) is 23.8 Å². The van der Waals surface area contributed by atoms with Crippen LogP contribution in [0.5, 0.6) is 11.5 Å². The number of hydrogen-bond donors (Lipinski definition) is 0. The summed E-state index contributed by atoms with van der Waals surface area (Å²) in [5, 5.41) is 0. The van der Waals surface area contributed by atoms with Crippen LogP contribution >= 0.6 is 0 Å². The largest absolute Gasteiger partial charge is 0.454 e. The topological polar surface area (TPSA) is 45.3 Å². The van der Waals surface area contributed by atoms with Gasteiger partial charge in [-0.1, -0.05) is 6.07 Å². The highest BCUT2D eigenvalue weighted by Gasteiger charge is 2.54. The van der Waals surface area contributed by atoms with Crippen LogP contribution in [0.3, 0.4) is 0 Å². The molecule has 28 heavy (non-hydrogen) atoms. The molecule has 0 aromatic heterocycles. The first-order valence-electron chi connectivity index (χ1n) is 10.7. The van der Waals surface area contributed by atoms with Crippen molar-refractivity contribution in [2.75, 3.05) is 47.1 Å². The van der Waals surface area contributed by atoms with E-state index >= 15 is 0 Å². The van der Waals surface area contributed by atoms with Crippen LogP contribution in [0, 0.1) is 5.92 Å². The van der Waals surface area contributed by atoms with Gasteiger partial charge in [0.05, 0.1) is 6.04 Å². The number of hydrogen-bond acceptors (Lipinski definition) is 5. The van der Waals surface area contributed by atoms with E-state index in [0.29, 0.717) is 43.0 Å². The van der Waals surface area contributed by atoms with E-state index in [1.807, 2.05) is 6.07 Å². The van der Waals surface area contributed by atoms with Crippen molar-refractivity contribution in [1.82, 2.24) is 14.7 Å². The Morgan fingerprint density at radius 2 is 1.93 bits per heavy atom. The molecule has 0 aliphatic carbocycles. The fraction of sp³-hybridized carbons (Fsp3) is 0.682. The molecule has 152 valence electrons. The van der Waals surface area contributed by atoms with Gasteiger partial charge in [0.1, 0.15) is 0 Å². The summed E-state index contributed by atoms with van der Waals surface area (Å²) in [6, 6.07) is 7.19. The number of ether oxygens (including phenoxy) is 2. The van der Waals surface area contributed by atoms with Gasteiger partial charge in [-0.2, -0.15) is 0 Å². The highest BCUT2D eigenvalue weighted by atomic mass is 16.7. The Kier molecular flexibility index (Phi) is 4.71. The van der Waals surface area contributed by atoms with Gasteiger partial charge in [0, 0.05) is 24.9 Å². The Labute approximate surface area is 167 Å². The molecule has 4 fully saturated rings. The molecule has 5 aliphatic rings. The van der Waals surface area contributed by atoms with Crippen molar-refractivity contribution in [3.63, 3.8) is 0 Å². The average Bonchev–Trinajstić information content (AvgIpc) is 3.33. The molecule has 0 spiro atoms. The molecular weight excluding hydrogens is 354 g/mol. The molecule has 6 heteroatoms. The molecule has 1 aromatic rings. The minimum Gasteiger partial charge on any atom is -0.454 e. The molecule has 6 rings (SSSR count). The third kappa shape index (κ3) is 3.07.